The Morgan fingerprint density at radius 2 is 2.16 bits per heavy atom. The lowest BCUT2D eigenvalue weighted by atomic mass is 10.2. The number of aryl methyl sites for hydroxylation is 3. The Labute approximate surface area is 109 Å². The molecule has 2 N–H and O–H groups in total. The van der Waals surface area contributed by atoms with E-state index in [-0.39, 0.29) is 12.3 Å². The van der Waals surface area contributed by atoms with Gasteiger partial charge in [0, 0.05) is 7.05 Å². The number of nitrogens with two attached hydrogens (primary N) is 1. The first kappa shape index (κ1) is 13.1. The Morgan fingerprint density at radius 3 is 2.68 bits per heavy atom. The first-order valence-electron chi connectivity index (χ1n) is 5.81. The number of carbonyl (C=O) groups is 1. The van der Waals surface area contributed by atoms with E-state index < -0.39 is 5.97 Å². The lowest BCUT2D eigenvalue weighted by Crippen LogP contribution is -2.13. The molecule has 0 aliphatic heterocycles. The van der Waals surface area contributed by atoms with Crippen molar-refractivity contribution < 1.29 is 14.2 Å². The summed E-state index contributed by atoms with van der Waals surface area (Å²) in [5.41, 5.74) is 8.19. The number of rotatable bonds is 4. The Balaban J connectivity index is 2.12. The van der Waals surface area contributed by atoms with Crippen molar-refractivity contribution >= 4 is 11.7 Å². The number of ether oxygens (including phenoxy) is 1. The van der Waals surface area contributed by atoms with Gasteiger partial charge < -0.3 is 10.5 Å². The van der Waals surface area contributed by atoms with Crippen LogP contribution in [0.25, 0.3) is 0 Å². The number of hydrogen-bond donors (Lipinski definition) is 1. The summed E-state index contributed by atoms with van der Waals surface area (Å²) in [5.74, 6) is -0.547. The molecular formula is C11H15N5O3. The van der Waals surface area contributed by atoms with Gasteiger partial charge in [0.2, 0.25) is 0 Å². The zero-order valence-electron chi connectivity index (χ0n) is 11.0. The van der Waals surface area contributed by atoms with Gasteiger partial charge in [0.05, 0.1) is 11.4 Å². The van der Waals surface area contributed by atoms with Gasteiger partial charge in [-0.05, 0) is 13.3 Å². The summed E-state index contributed by atoms with van der Waals surface area (Å²) < 4.78 is 11.1. The first-order valence-corrected chi connectivity index (χ1v) is 5.81. The molecular weight excluding hydrogens is 250 g/mol. The zero-order valence-corrected chi connectivity index (χ0v) is 11.0. The molecule has 0 radical (unpaired) electrons. The Bertz CT molecular complexity index is 601. The summed E-state index contributed by atoms with van der Waals surface area (Å²) in [4.78, 5) is 12.0. The molecule has 0 unspecified atom stereocenters. The second-order valence-corrected chi connectivity index (χ2v) is 4.06. The predicted molar refractivity (Wildman–Crippen MR) is 65.2 cm³/mol. The van der Waals surface area contributed by atoms with Crippen LogP contribution in [0.2, 0.25) is 0 Å². The highest BCUT2D eigenvalue weighted by Crippen LogP contribution is 2.18. The number of hydrogen-bond acceptors (Lipinski definition) is 7. The summed E-state index contributed by atoms with van der Waals surface area (Å²) in [6.45, 7) is 3.62. The smallest absolute Gasteiger partial charge is 0.359 e. The fourth-order valence-corrected chi connectivity index (χ4v) is 1.68. The average molecular weight is 265 g/mol. The van der Waals surface area contributed by atoms with E-state index in [9.17, 15) is 4.79 Å². The summed E-state index contributed by atoms with van der Waals surface area (Å²) in [7, 11) is 1.65. The molecule has 2 aromatic heterocycles. The van der Waals surface area contributed by atoms with Crippen LogP contribution in [0.3, 0.4) is 0 Å². The quantitative estimate of drug-likeness (QED) is 0.806. The highest BCUT2D eigenvalue weighted by Gasteiger charge is 2.21. The van der Waals surface area contributed by atoms with Crippen LogP contribution in [0.5, 0.6) is 0 Å². The molecule has 2 heterocycles. The summed E-state index contributed by atoms with van der Waals surface area (Å²) in [5, 5.41) is 11.4. The van der Waals surface area contributed by atoms with Crippen LogP contribution in [0, 0.1) is 6.92 Å². The summed E-state index contributed by atoms with van der Waals surface area (Å²) in [6.07, 6.45) is 0.652. The van der Waals surface area contributed by atoms with Crippen molar-refractivity contribution in [3.63, 3.8) is 0 Å². The van der Waals surface area contributed by atoms with Gasteiger partial charge in [-0.3, -0.25) is 4.68 Å². The first-order chi connectivity index (χ1) is 9.04. The molecule has 8 heteroatoms. The maximum absolute atomic E-state index is 12.0. The third-order valence-electron chi connectivity index (χ3n) is 2.77. The number of nitrogens with zero attached hydrogens (tertiary/aromatic N) is 4. The molecule has 0 aromatic carbocycles. The Morgan fingerprint density at radius 1 is 1.42 bits per heavy atom. The topological polar surface area (TPSA) is 109 Å². The normalized spacial score (nSPS) is 10.7. The van der Waals surface area contributed by atoms with Crippen molar-refractivity contribution in [3.05, 3.63) is 22.8 Å². The molecule has 0 saturated carbocycles. The maximum Gasteiger partial charge on any atom is 0.359 e. The molecule has 0 aliphatic rings. The van der Waals surface area contributed by atoms with Crippen LogP contribution in [0.15, 0.2) is 4.63 Å². The van der Waals surface area contributed by atoms with E-state index in [0.29, 0.717) is 29.2 Å². The minimum Gasteiger partial charge on any atom is -0.454 e. The van der Waals surface area contributed by atoms with Crippen molar-refractivity contribution in [1.82, 2.24) is 20.1 Å². The van der Waals surface area contributed by atoms with Gasteiger partial charge >= 0.3 is 5.97 Å². The number of esters is 1. The van der Waals surface area contributed by atoms with Crippen LogP contribution in [-0.2, 0) is 24.8 Å². The molecule has 19 heavy (non-hydrogen) atoms. The molecule has 0 fully saturated rings. The van der Waals surface area contributed by atoms with Crippen LogP contribution < -0.4 is 5.73 Å². The highest BCUT2D eigenvalue weighted by molar-refractivity contribution is 5.93. The van der Waals surface area contributed by atoms with E-state index in [1.54, 1.807) is 14.0 Å². The Hall–Kier alpha value is -2.38. The zero-order chi connectivity index (χ0) is 14.0. The second kappa shape index (κ2) is 5.09. The van der Waals surface area contributed by atoms with Crippen molar-refractivity contribution in [2.75, 3.05) is 5.73 Å². The van der Waals surface area contributed by atoms with Crippen LogP contribution in [0.4, 0.5) is 5.69 Å². The minimum atomic E-state index is -0.547. The van der Waals surface area contributed by atoms with E-state index >= 15 is 0 Å². The van der Waals surface area contributed by atoms with Gasteiger partial charge in [-0.2, -0.15) is 5.10 Å². The van der Waals surface area contributed by atoms with Crippen LogP contribution in [0.1, 0.15) is 34.5 Å². The highest BCUT2D eigenvalue weighted by atomic mass is 16.6. The van der Waals surface area contributed by atoms with Crippen molar-refractivity contribution in [2.24, 2.45) is 7.05 Å². The molecule has 0 atom stereocenters. The monoisotopic (exact) mass is 265 g/mol. The molecule has 8 nitrogen and oxygen atoms in total. The van der Waals surface area contributed by atoms with Gasteiger partial charge in [-0.25, -0.2) is 9.42 Å². The van der Waals surface area contributed by atoms with Crippen LogP contribution in [-0.4, -0.2) is 26.1 Å². The van der Waals surface area contributed by atoms with Crippen LogP contribution >= 0.6 is 0 Å². The maximum atomic E-state index is 12.0. The molecule has 102 valence electrons. The molecule has 0 saturated heterocycles. The van der Waals surface area contributed by atoms with Crippen molar-refractivity contribution in [2.45, 2.75) is 26.9 Å². The fraction of sp³-hybridized carbons (Fsp3) is 0.455. The van der Waals surface area contributed by atoms with E-state index in [1.165, 1.54) is 4.68 Å². The van der Waals surface area contributed by atoms with E-state index in [2.05, 4.69) is 20.0 Å². The van der Waals surface area contributed by atoms with E-state index in [1.807, 2.05) is 6.92 Å². The third-order valence-corrected chi connectivity index (χ3v) is 2.77. The van der Waals surface area contributed by atoms with Crippen molar-refractivity contribution in [3.8, 4) is 0 Å². The largest absolute Gasteiger partial charge is 0.454 e. The molecule has 0 amide bonds. The SMILES string of the molecule is CCc1nn(C)c(C(=O)OCc2nonc2C)c1N. The fourth-order valence-electron chi connectivity index (χ4n) is 1.68. The predicted octanol–water partition coefficient (Wildman–Crippen LogP) is 0.613. The van der Waals surface area contributed by atoms with Gasteiger partial charge in [0.25, 0.3) is 0 Å². The lowest BCUT2D eigenvalue weighted by molar-refractivity contribution is 0.0452. The minimum absolute atomic E-state index is 0.0136. The number of anilines is 1. The molecule has 2 aromatic rings. The molecule has 2 rings (SSSR count). The number of nitrogen functional groups attached to an aromatic ring is 1. The molecule has 0 aliphatic carbocycles. The molecule has 0 spiro atoms. The average Bonchev–Trinajstić information content (AvgIpc) is 2.90. The lowest BCUT2D eigenvalue weighted by Gasteiger charge is -2.04. The van der Waals surface area contributed by atoms with Crippen molar-refractivity contribution in [1.29, 1.82) is 0 Å². The number of aromatic nitrogens is 4. The second-order valence-electron chi connectivity index (χ2n) is 4.06. The molecule has 0 bridgehead atoms. The Kier molecular flexibility index (Phi) is 3.50. The summed E-state index contributed by atoms with van der Waals surface area (Å²) in [6, 6.07) is 0. The van der Waals surface area contributed by atoms with Gasteiger partial charge in [-0.1, -0.05) is 17.2 Å². The standard InChI is InChI=1S/C11H15N5O3/c1-4-7-9(12)10(16(3)13-7)11(17)18-5-8-6(2)14-19-15-8/h4-5,12H2,1-3H3. The summed E-state index contributed by atoms with van der Waals surface area (Å²) >= 11 is 0. The van der Waals surface area contributed by atoms with E-state index in [4.69, 9.17) is 10.5 Å². The number of carbonyl (C=O) groups excluding carboxylic acids is 1. The van der Waals surface area contributed by atoms with Gasteiger partial charge in [0.1, 0.15) is 18.0 Å². The van der Waals surface area contributed by atoms with E-state index in [0.717, 1.165) is 0 Å². The van der Waals surface area contributed by atoms with Gasteiger partial charge in [-0.15, -0.1) is 0 Å². The van der Waals surface area contributed by atoms with Gasteiger partial charge in [0.15, 0.2) is 5.69 Å². The third kappa shape index (κ3) is 2.42.